The Balaban J connectivity index is 2.24. The van der Waals surface area contributed by atoms with Crippen LogP contribution in [-0.2, 0) is 0 Å². The van der Waals surface area contributed by atoms with Gasteiger partial charge in [-0.15, -0.1) is 0 Å². The van der Waals surface area contributed by atoms with Gasteiger partial charge in [-0.05, 0) is 24.3 Å². The lowest BCUT2D eigenvalue weighted by atomic mass is 10.3. The molecule has 0 saturated carbocycles. The van der Waals surface area contributed by atoms with Crippen molar-refractivity contribution < 1.29 is 4.74 Å². The van der Waals surface area contributed by atoms with E-state index >= 15 is 0 Å². The van der Waals surface area contributed by atoms with E-state index in [0.717, 1.165) is 11.4 Å². The first-order valence-electron chi connectivity index (χ1n) is 5.27. The van der Waals surface area contributed by atoms with E-state index < -0.39 is 0 Å². The standard InChI is InChI=1S/C12H10Cl2N4O/c1-19-8-4-2-7(3-5-8)16-6-9-12(15)18-11(14)10(13)17-9/h2-6H,1H3,(H2,15,18). The van der Waals surface area contributed by atoms with Crippen molar-refractivity contribution in [3.63, 3.8) is 0 Å². The van der Waals surface area contributed by atoms with E-state index in [0.29, 0.717) is 5.69 Å². The molecule has 5 nitrogen and oxygen atoms in total. The van der Waals surface area contributed by atoms with Crippen LogP contribution in [-0.4, -0.2) is 23.3 Å². The molecule has 0 aliphatic carbocycles. The second-order valence-corrected chi connectivity index (χ2v) is 4.25. The average molecular weight is 297 g/mol. The highest BCUT2D eigenvalue weighted by Gasteiger charge is 2.06. The lowest BCUT2D eigenvalue weighted by molar-refractivity contribution is 0.415. The van der Waals surface area contributed by atoms with E-state index in [-0.39, 0.29) is 16.1 Å². The third kappa shape index (κ3) is 3.33. The molecule has 7 heteroatoms. The molecule has 0 unspecified atom stereocenters. The Bertz CT molecular complexity index is 614. The summed E-state index contributed by atoms with van der Waals surface area (Å²) in [5.41, 5.74) is 6.77. The van der Waals surface area contributed by atoms with Gasteiger partial charge in [0.05, 0.1) is 19.0 Å². The quantitative estimate of drug-likeness (QED) is 0.883. The maximum Gasteiger partial charge on any atom is 0.168 e. The Morgan fingerprint density at radius 1 is 1.16 bits per heavy atom. The van der Waals surface area contributed by atoms with Gasteiger partial charge in [-0.3, -0.25) is 4.99 Å². The number of hydrogen-bond donors (Lipinski definition) is 1. The summed E-state index contributed by atoms with van der Waals surface area (Å²) < 4.78 is 5.05. The first kappa shape index (κ1) is 13.6. The number of nitrogen functional groups attached to an aromatic ring is 1. The average Bonchev–Trinajstić information content (AvgIpc) is 2.42. The molecule has 0 spiro atoms. The molecule has 0 fully saturated rings. The Morgan fingerprint density at radius 3 is 2.42 bits per heavy atom. The highest BCUT2D eigenvalue weighted by molar-refractivity contribution is 6.40. The molecule has 0 saturated heterocycles. The number of hydrogen-bond acceptors (Lipinski definition) is 5. The molecule has 19 heavy (non-hydrogen) atoms. The van der Waals surface area contributed by atoms with E-state index in [1.54, 1.807) is 31.4 Å². The van der Waals surface area contributed by atoms with Crippen molar-refractivity contribution in [2.75, 3.05) is 12.8 Å². The van der Waals surface area contributed by atoms with Crippen molar-refractivity contribution >= 4 is 40.9 Å². The molecular formula is C12H10Cl2N4O. The number of nitrogens with two attached hydrogens (primary N) is 1. The third-order valence-corrected chi connectivity index (χ3v) is 2.90. The normalized spacial score (nSPS) is 10.9. The van der Waals surface area contributed by atoms with Gasteiger partial charge in [0.1, 0.15) is 11.4 Å². The van der Waals surface area contributed by atoms with Crippen LogP contribution < -0.4 is 10.5 Å². The predicted octanol–water partition coefficient (Wildman–Crippen LogP) is 3.12. The third-order valence-electron chi connectivity index (χ3n) is 2.28. The topological polar surface area (TPSA) is 73.4 Å². The molecule has 0 aliphatic heterocycles. The largest absolute Gasteiger partial charge is 0.497 e. The number of rotatable bonds is 3. The molecule has 0 bridgehead atoms. The van der Waals surface area contributed by atoms with E-state index in [1.807, 2.05) is 0 Å². The van der Waals surface area contributed by atoms with Crippen LogP contribution in [0.4, 0.5) is 11.5 Å². The van der Waals surface area contributed by atoms with Gasteiger partial charge in [0.15, 0.2) is 16.1 Å². The van der Waals surface area contributed by atoms with Gasteiger partial charge in [-0.25, -0.2) is 9.97 Å². The highest BCUT2D eigenvalue weighted by Crippen LogP contribution is 2.21. The fourth-order valence-corrected chi connectivity index (χ4v) is 1.58. The van der Waals surface area contributed by atoms with Gasteiger partial charge >= 0.3 is 0 Å². The lowest BCUT2D eigenvalue weighted by Crippen LogP contribution is -2.01. The maximum atomic E-state index is 5.77. The van der Waals surface area contributed by atoms with E-state index in [4.69, 9.17) is 33.7 Å². The van der Waals surface area contributed by atoms with Crippen LogP contribution in [0.2, 0.25) is 10.3 Å². The van der Waals surface area contributed by atoms with E-state index in [9.17, 15) is 0 Å². The van der Waals surface area contributed by atoms with Crippen molar-refractivity contribution in [1.29, 1.82) is 0 Å². The molecule has 1 aromatic heterocycles. The van der Waals surface area contributed by atoms with E-state index in [2.05, 4.69) is 15.0 Å². The van der Waals surface area contributed by atoms with Crippen LogP contribution in [0.25, 0.3) is 0 Å². The minimum atomic E-state index is 0.0702. The molecule has 2 aromatic rings. The van der Waals surface area contributed by atoms with Crippen molar-refractivity contribution in [3.05, 3.63) is 40.3 Å². The number of ether oxygens (including phenoxy) is 1. The number of aliphatic imine (C=N–C) groups is 1. The molecule has 1 aromatic carbocycles. The molecule has 2 rings (SSSR count). The monoisotopic (exact) mass is 296 g/mol. The van der Waals surface area contributed by atoms with Gasteiger partial charge in [-0.2, -0.15) is 0 Å². The summed E-state index contributed by atoms with van der Waals surface area (Å²) in [4.78, 5) is 12.1. The van der Waals surface area contributed by atoms with Gasteiger partial charge < -0.3 is 10.5 Å². The van der Waals surface area contributed by atoms with Crippen LogP contribution in [0.1, 0.15) is 5.69 Å². The molecule has 0 aliphatic rings. The highest BCUT2D eigenvalue weighted by atomic mass is 35.5. The molecule has 98 valence electrons. The van der Waals surface area contributed by atoms with Crippen molar-refractivity contribution in [1.82, 2.24) is 9.97 Å². The number of methoxy groups -OCH3 is 1. The van der Waals surface area contributed by atoms with Crippen molar-refractivity contribution in [2.24, 2.45) is 4.99 Å². The zero-order chi connectivity index (χ0) is 13.8. The van der Waals surface area contributed by atoms with Crippen LogP contribution in [0.15, 0.2) is 29.3 Å². The number of halogens is 2. The number of aromatic nitrogens is 2. The zero-order valence-electron chi connectivity index (χ0n) is 9.97. The van der Waals surface area contributed by atoms with Crippen molar-refractivity contribution in [3.8, 4) is 5.75 Å². The first-order chi connectivity index (χ1) is 9.10. The van der Waals surface area contributed by atoms with Crippen LogP contribution in [0.5, 0.6) is 5.75 Å². The number of anilines is 1. The van der Waals surface area contributed by atoms with E-state index in [1.165, 1.54) is 6.21 Å². The van der Waals surface area contributed by atoms with Crippen molar-refractivity contribution in [2.45, 2.75) is 0 Å². The Kier molecular flexibility index (Phi) is 4.19. The molecule has 1 heterocycles. The molecular weight excluding hydrogens is 287 g/mol. The maximum absolute atomic E-state index is 5.77. The molecule has 2 N–H and O–H groups in total. The summed E-state index contributed by atoms with van der Waals surface area (Å²) in [5.74, 6) is 0.930. The first-order valence-corrected chi connectivity index (χ1v) is 6.02. The Morgan fingerprint density at radius 2 is 1.79 bits per heavy atom. The van der Waals surface area contributed by atoms with Gasteiger partial charge in [-0.1, -0.05) is 23.2 Å². The minimum absolute atomic E-state index is 0.0702. The lowest BCUT2D eigenvalue weighted by Gasteiger charge is -2.01. The summed E-state index contributed by atoms with van der Waals surface area (Å²) in [6, 6.07) is 7.21. The Hall–Kier alpha value is -1.85. The number of benzene rings is 1. The van der Waals surface area contributed by atoms with Gasteiger partial charge in [0.25, 0.3) is 0 Å². The summed E-state index contributed by atoms with van der Waals surface area (Å²) >= 11 is 11.5. The Labute approximate surface area is 120 Å². The fourth-order valence-electron chi connectivity index (χ4n) is 1.32. The van der Waals surface area contributed by atoms with Gasteiger partial charge in [0, 0.05) is 0 Å². The minimum Gasteiger partial charge on any atom is -0.497 e. The molecule has 0 atom stereocenters. The fraction of sp³-hybridized carbons (Fsp3) is 0.0833. The second-order valence-electron chi connectivity index (χ2n) is 3.53. The second kappa shape index (κ2) is 5.86. The molecule has 0 radical (unpaired) electrons. The summed E-state index contributed by atoms with van der Waals surface area (Å²) in [6.07, 6.45) is 1.48. The van der Waals surface area contributed by atoms with Crippen LogP contribution in [0, 0.1) is 0 Å². The van der Waals surface area contributed by atoms with Gasteiger partial charge in [0.2, 0.25) is 0 Å². The number of nitrogens with zero attached hydrogens (tertiary/aromatic N) is 3. The molecule has 0 amide bonds. The predicted molar refractivity (Wildman–Crippen MR) is 76.7 cm³/mol. The SMILES string of the molecule is COc1ccc(N=Cc2nc(Cl)c(Cl)nc2N)cc1. The smallest absolute Gasteiger partial charge is 0.168 e. The van der Waals surface area contributed by atoms with Crippen LogP contribution in [0.3, 0.4) is 0 Å². The summed E-state index contributed by atoms with van der Waals surface area (Å²) in [5, 5.41) is 0.160. The summed E-state index contributed by atoms with van der Waals surface area (Å²) in [6.45, 7) is 0. The van der Waals surface area contributed by atoms with Crippen LogP contribution >= 0.6 is 23.2 Å². The summed E-state index contributed by atoms with van der Waals surface area (Å²) in [7, 11) is 1.60. The zero-order valence-corrected chi connectivity index (χ0v) is 11.5.